The molecule has 2 aliphatic rings. The summed E-state index contributed by atoms with van der Waals surface area (Å²) in [7, 11) is 2.43. The fourth-order valence-electron chi connectivity index (χ4n) is 5.11. The number of nitrogens with two attached hydrogens (primary N) is 1. The summed E-state index contributed by atoms with van der Waals surface area (Å²) < 4.78 is 10.2. The average Bonchev–Trinajstić information content (AvgIpc) is 2.92. The fraction of sp³-hybridized carbons (Fsp3) is 0.321. The number of carbonyl (C=O) groups is 2. The minimum Gasteiger partial charge on any atom is -0.466 e. The Labute approximate surface area is 221 Å². The normalized spacial score (nSPS) is 20.0. The molecule has 37 heavy (non-hydrogen) atoms. The van der Waals surface area contributed by atoms with Gasteiger partial charge >= 0.3 is 11.9 Å². The average molecular weight is 521 g/mol. The van der Waals surface area contributed by atoms with Crippen LogP contribution in [0.1, 0.15) is 37.7 Å². The van der Waals surface area contributed by atoms with Gasteiger partial charge in [-0.05, 0) is 49.9 Å². The number of rotatable bonds is 5. The second kappa shape index (κ2) is 11.0. The molecule has 0 spiro atoms. The quantitative estimate of drug-likeness (QED) is 0.569. The van der Waals surface area contributed by atoms with Crippen LogP contribution >= 0.6 is 11.6 Å². The van der Waals surface area contributed by atoms with Crippen LogP contribution < -0.4 is 15.5 Å². The van der Waals surface area contributed by atoms with Crippen molar-refractivity contribution >= 4 is 34.9 Å². The van der Waals surface area contributed by atoms with Crippen molar-refractivity contribution in [1.82, 2.24) is 0 Å². The number of anilines is 2. The topological polar surface area (TPSA) is 109 Å². The fourth-order valence-corrected chi connectivity index (χ4v) is 5.39. The van der Waals surface area contributed by atoms with Gasteiger partial charge in [0.15, 0.2) is 0 Å². The lowest BCUT2D eigenvalue weighted by molar-refractivity contribution is -0.139. The Morgan fingerprint density at radius 2 is 1.78 bits per heavy atom. The van der Waals surface area contributed by atoms with Crippen molar-refractivity contribution in [2.24, 2.45) is 5.73 Å². The van der Waals surface area contributed by atoms with E-state index in [0.717, 1.165) is 25.1 Å². The number of nitrogens with zero attached hydrogens (tertiary/aromatic N) is 3. The molecule has 4 rings (SSSR count). The summed E-state index contributed by atoms with van der Waals surface area (Å²) in [6.07, 6.45) is 3.32. The summed E-state index contributed by atoms with van der Waals surface area (Å²) in [5.41, 5.74) is 8.39. The van der Waals surface area contributed by atoms with Gasteiger partial charge in [-0.3, -0.25) is 4.90 Å². The molecule has 2 atom stereocenters. The van der Waals surface area contributed by atoms with Gasteiger partial charge in [0.25, 0.3) is 0 Å². The Morgan fingerprint density at radius 1 is 1.08 bits per heavy atom. The summed E-state index contributed by atoms with van der Waals surface area (Å²) in [6.45, 7) is 3.06. The second-order valence-electron chi connectivity index (χ2n) is 9.01. The highest BCUT2D eigenvalue weighted by molar-refractivity contribution is 6.33. The van der Waals surface area contributed by atoms with E-state index in [0.29, 0.717) is 22.3 Å². The van der Waals surface area contributed by atoms with E-state index in [1.807, 2.05) is 12.1 Å². The summed E-state index contributed by atoms with van der Waals surface area (Å²) in [5, 5.41) is 10.6. The van der Waals surface area contributed by atoms with E-state index in [-0.39, 0.29) is 22.7 Å². The SMILES string of the molecule is COC(=O)C1=C(C(=O)OC)N(c2ccc(N3CCCCC3C)c(Cl)c2)C(N)=C(C#N)C1c1ccccc1. The molecular weight excluding hydrogens is 492 g/mol. The van der Waals surface area contributed by atoms with Gasteiger partial charge in [-0.15, -0.1) is 0 Å². The maximum atomic E-state index is 13.2. The zero-order valence-electron chi connectivity index (χ0n) is 21.0. The van der Waals surface area contributed by atoms with Crippen LogP contribution in [0.5, 0.6) is 0 Å². The summed E-state index contributed by atoms with van der Waals surface area (Å²) in [6, 6.07) is 16.7. The van der Waals surface area contributed by atoms with Crippen LogP contribution in [0.15, 0.2) is 71.2 Å². The lowest BCUT2D eigenvalue weighted by atomic mass is 9.81. The van der Waals surface area contributed by atoms with E-state index < -0.39 is 17.9 Å². The molecule has 9 heteroatoms. The number of piperidine rings is 1. The molecule has 1 saturated heterocycles. The smallest absolute Gasteiger partial charge is 0.355 e. The van der Waals surface area contributed by atoms with Crippen molar-refractivity contribution in [3.8, 4) is 6.07 Å². The minimum atomic E-state index is -0.923. The van der Waals surface area contributed by atoms with Crippen LogP contribution in [-0.4, -0.2) is 38.7 Å². The maximum absolute atomic E-state index is 13.2. The van der Waals surface area contributed by atoms with Gasteiger partial charge in [0.05, 0.1) is 48.1 Å². The standard InChI is InChI=1S/C28H29ClN4O4/c1-17-9-7-8-14-32(17)22-13-12-19(15-21(22)29)33-25(28(35)37-3)24(27(34)36-2)23(20(16-30)26(33)31)18-10-5-4-6-11-18/h4-6,10-13,15,17,23H,7-9,14,31H2,1-3H3. The van der Waals surface area contributed by atoms with Gasteiger partial charge < -0.3 is 20.1 Å². The Morgan fingerprint density at radius 3 is 2.38 bits per heavy atom. The van der Waals surface area contributed by atoms with Gasteiger partial charge in [-0.1, -0.05) is 41.9 Å². The predicted molar refractivity (Wildman–Crippen MR) is 142 cm³/mol. The number of allylic oxidation sites excluding steroid dienone is 1. The zero-order valence-corrected chi connectivity index (χ0v) is 21.8. The van der Waals surface area contributed by atoms with Crippen LogP contribution in [0.4, 0.5) is 11.4 Å². The molecule has 2 N–H and O–H groups in total. The van der Waals surface area contributed by atoms with Gasteiger partial charge in [-0.2, -0.15) is 5.26 Å². The van der Waals surface area contributed by atoms with Crippen molar-refractivity contribution in [2.75, 3.05) is 30.6 Å². The first kappa shape index (κ1) is 26.1. The Balaban J connectivity index is 1.94. The summed E-state index contributed by atoms with van der Waals surface area (Å²) in [4.78, 5) is 30.0. The number of carbonyl (C=O) groups excluding carboxylic acids is 2. The zero-order chi connectivity index (χ0) is 26.7. The highest BCUT2D eigenvalue weighted by atomic mass is 35.5. The van der Waals surface area contributed by atoms with E-state index >= 15 is 0 Å². The molecule has 2 aromatic carbocycles. The molecule has 192 valence electrons. The van der Waals surface area contributed by atoms with E-state index in [1.54, 1.807) is 36.4 Å². The molecule has 0 aliphatic carbocycles. The van der Waals surface area contributed by atoms with Gasteiger partial charge in [-0.25, -0.2) is 9.59 Å². The molecule has 1 fully saturated rings. The van der Waals surface area contributed by atoms with E-state index in [4.69, 9.17) is 26.8 Å². The highest BCUT2D eigenvalue weighted by Crippen LogP contribution is 2.44. The monoisotopic (exact) mass is 520 g/mol. The number of hydrogen-bond donors (Lipinski definition) is 1. The molecule has 0 saturated carbocycles. The third-order valence-electron chi connectivity index (χ3n) is 6.91. The molecule has 2 heterocycles. The van der Waals surface area contributed by atoms with Crippen molar-refractivity contribution in [2.45, 2.75) is 38.1 Å². The van der Waals surface area contributed by atoms with E-state index in [1.165, 1.54) is 25.5 Å². The summed E-state index contributed by atoms with van der Waals surface area (Å²) >= 11 is 6.76. The number of ether oxygens (including phenoxy) is 2. The predicted octanol–water partition coefficient (Wildman–Crippen LogP) is 4.62. The van der Waals surface area contributed by atoms with Gasteiger partial charge in [0.1, 0.15) is 11.5 Å². The number of esters is 2. The van der Waals surface area contributed by atoms with Crippen molar-refractivity contribution in [3.63, 3.8) is 0 Å². The molecule has 8 nitrogen and oxygen atoms in total. The Hall–Kier alpha value is -3.96. The van der Waals surface area contributed by atoms with Crippen LogP contribution in [-0.2, 0) is 19.1 Å². The summed E-state index contributed by atoms with van der Waals surface area (Å²) in [5.74, 6) is -2.50. The number of methoxy groups -OCH3 is 2. The molecule has 2 aromatic rings. The van der Waals surface area contributed by atoms with Gasteiger partial charge in [0, 0.05) is 18.3 Å². The molecule has 0 radical (unpaired) electrons. The maximum Gasteiger partial charge on any atom is 0.355 e. The second-order valence-corrected chi connectivity index (χ2v) is 9.42. The van der Waals surface area contributed by atoms with Gasteiger partial charge in [0.2, 0.25) is 0 Å². The first-order valence-corrected chi connectivity index (χ1v) is 12.4. The minimum absolute atomic E-state index is 0.000404. The first-order chi connectivity index (χ1) is 17.8. The first-order valence-electron chi connectivity index (χ1n) is 12.1. The van der Waals surface area contributed by atoms with E-state index in [9.17, 15) is 14.9 Å². The number of benzene rings is 2. The largest absolute Gasteiger partial charge is 0.466 e. The number of halogens is 1. The van der Waals surface area contributed by atoms with Crippen molar-refractivity contribution in [1.29, 1.82) is 5.26 Å². The van der Waals surface area contributed by atoms with E-state index in [2.05, 4.69) is 17.9 Å². The van der Waals surface area contributed by atoms with Crippen LogP contribution in [0.2, 0.25) is 5.02 Å². The number of nitriles is 1. The third-order valence-corrected chi connectivity index (χ3v) is 7.21. The molecule has 0 aromatic heterocycles. The Bertz CT molecular complexity index is 1320. The molecule has 2 aliphatic heterocycles. The lowest BCUT2D eigenvalue weighted by Crippen LogP contribution is -2.41. The molecule has 0 amide bonds. The highest BCUT2D eigenvalue weighted by Gasteiger charge is 2.43. The van der Waals surface area contributed by atoms with Crippen molar-refractivity contribution in [3.05, 3.63) is 81.8 Å². The molecule has 0 bridgehead atoms. The molecule has 2 unspecified atom stereocenters. The van der Waals surface area contributed by atoms with Crippen molar-refractivity contribution < 1.29 is 19.1 Å². The number of hydrogen-bond acceptors (Lipinski definition) is 8. The molecular formula is C28H29ClN4O4. The van der Waals surface area contributed by atoms with Crippen LogP contribution in [0.3, 0.4) is 0 Å². The van der Waals surface area contributed by atoms with Crippen LogP contribution in [0, 0.1) is 11.3 Å². The lowest BCUT2D eigenvalue weighted by Gasteiger charge is -2.38. The third kappa shape index (κ3) is 4.75. The van der Waals surface area contributed by atoms with Crippen LogP contribution in [0.25, 0.3) is 0 Å². The Kier molecular flexibility index (Phi) is 7.74.